The van der Waals surface area contributed by atoms with Gasteiger partial charge in [0.15, 0.2) is 5.65 Å². The third kappa shape index (κ3) is 4.52. The quantitative estimate of drug-likeness (QED) is 0.592. The molecule has 25 heavy (non-hydrogen) atoms. The number of nitrogens with one attached hydrogen (secondary N) is 3. The summed E-state index contributed by atoms with van der Waals surface area (Å²) >= 11 is 0. The van der Waals surface area contributed by atoms with E-state index >= 15 is 0 Å². The van der Waals surface area contributed by atoms with Crippen molar-refractivity contribution in [2.24, 2.45) is 0 Å². The number of hydrogen-bond acceptors (Lipinski definition) is 6. The van der Waals surface area contributed by atoms with Gasteiger partial charge in [0.2, 0.25) is 10.0 Å². The molecule has 0 saturated carbocycles. The summed E-state index contributed by atoms with van der Waals surface area (Å²) in [7, 11) is -3.31. The molecule has 0 saturated heterocycles. The zero-order chi connectivity index (χ0) is 17.9. The van der Waals surface area contributed by atoms with Crippen LogP contribution >= 0.6 is 0 Å². The van der Waals surface area contributed by atoms with Crippen molar-refractivity contribution in [3.05, 3.63) is 47.9 Å². The van der Waals surface area contributed by atoms with E-state index in [0.717, 1.165) is 16.5 Å². The first-order valence-corrected chi connectivity index (χ1v) is 9.54. The van der Waals surface area contributed by atoms with Crippen molar-refractivity contribution in [2.75, 3.05) is 5.32 Å². The number of fused-ring (bicyclic) bond motifs is 1. The summed E-state index contributed by atoms with van der Waals surface area (Å²) in [6.07, 6.45) is 3.14. The maximum atomic E-state index is 12.0. The molecule has 0 spiro atoms. The normalized spacial score (nSPS) is 12.0. The Bertz CT molecular complexity index is 950. The van der Waals surface area contributed by atoms with Gasteiger partial charge >= 0.3 is 0 Å². The van der Waals surface area contributed by atoms with E-state index in [1.54, 1.807) is 20.0 Å². The molecule has 0 unspecified atom stereocenters. The molecule has 0 bridgehead atoms. The molecule has 2 heterocycles. The Morgan fingerprint density at radius 1 is 1.12 bits per heavy atom. The van der Waals surface area contributed by atoms with Crippen molar-refractivity contribution in [2.45, 2.75) is 32.2 Å². The number of nitrogens with zero attached hydrogens (tertiary/aromatic N) is 3. The molecule has 3 rings (SSSR count). The first kappa shape index (κ1) is 17.3. The second-order valence-corrected chi connectivity index (χ2v) is 7.81. The summed E-state index contributed by atoms with van der Waals surface area (Å²) in [6, 6.07) is 7.34. The van der Waals surface area contributed by atoms with Gasteiger partial charge in [-0.3, -0.25) is 5.10 Å². The number of aromatic amines is 1. The molecule has 0 radical (unpaired) electrons. The monoisotopic (exact) mass is 360 g/mol. The van der Waals surface area contributed by atoms with Gasteiger partial charge in [0.1, 0.15) is 12.1 Å². The number of hydrogen-bond donors (Lipinski definition) is 3. The first-order chi connectivity index (χ1) is 11.9. The van der Waals surface area contributed by atoms with Gasteiger partial charge in [0.05, 0.1) is 17.3 Å². The van der Waals surface area contributed by atoms with Crippen molar-refractivity contribution >= 4 is 26.9 Å². The van der Waals surface area contributed by atoms with E-state index < -0.39 is 10.0 Å². The zero-order valence-electron chi connectivity index (χ0n) is 14.0. The van der Waals surface area contributed by atoms with Crippen LogP contribution in [-0.4, -0.2) is 34.6 Å². The highest BCUT2D eigenvalue weighted by atomic mass is 32.2. The summed E-state index contributed by atoms with van der Waals surface area (Å²) in [5.41, 5.74) is 2.44. The topological polar surface area (TPSA) is 113 Å². The molecule has 1 aromatic carbocycles. The van der Waals surface area contributed by atoms with Crippen molar-refractivity contribution in [3.63, 3.8) is 0 Å². The molecular formula is C16H20N6O2S. The van der Waals surface area contributed by atoms with Crippen LogP contribution < -0.4 is 10.0 Å². The number of benzene rings is 1. The highest BCUT2D eigenvalue weighted by Gasteiger charge is 2.12. The Balaban J connectivity index is 1.64. The first-order valence-electron chi connectivity index (χ1n) is 7.89. The average Bonchev–Trinajstić information content (AvgIpc) is 3.01. The predicted molar refractivity (Wildman–Crippen MR) is 96.3 cm³/mol. The lowest BCUT2D eigenvalue weighted by molar-refractivity contribution is 0.569. The lowest BCUT2D eigenvalue weighted by Crippen LogP contribution is -2.31. The van der Waals surface area contributed by atoms with Gasteiger partial charge in [-0.25, -0.2) is 23.1 Å². The molecule has 9 heteroatoms. The number of H-pyrrole nitrogens is 1. The Morgan fingerprint density at radius 3 is 2.56 bits per heavy atom. The minimum absolute atomic E-state index is 0.0273. The fourth-order valence-electron chi connectivity index (χ4n) is 2.47. The predicted octanol–water partition coefficient (Wildman–Crippen LogP) is 1.79. The van der Waals surface area contributed by atoms with Crippen molar-refractivity contribution in [1.29, 1.82) is 0 Å². The van der Waals surface area contributed by atoms with Crippen LogP contribution in [-0.2, 0) is 22.3 Å². The fraction of sp³-hybridized carbons (Fsp3) is 0.312. The minimum Gasteiger partial charge on any atom is -0.365 e. The molecule has 0 aliphatic carbocycles. The van der Waals surface area contributed by atoms with Crippen LogP contribution in [0.4, 0.5) is 5.82 Å². The molecule has 0 aliphatic heterocycles. The van der Waals surface area contributed by atoms with Crippen LogP contribution in [0.25, 0.3) is 11.0 Å². The van der Waals surface area contributed by atoms with E-state index in [-0.39, 0.29) is 11.8 Å². The van der Waals surface area contributed by atoms with Crippen LogP contribution in [0.1, 0.15) is 25.0 Å². The second kappa shape index (κ2) is 7.16. The van der Waals surface area contributed by atoms with Crippen molar-refractivity contribution < 1.29 is 8.42 Å². The van der Waals surface area contributed by atoms with Gasteiger partial charge in [0, 0.05) is 12.6 Å². The maximum Gasteiger partial charge on any atom is 0.216 e. The molecule has 3 N–H and O–H groups in total. The Morgan fingerprint density at radius 2 is 1.84 bits per heavy atom. The lowest BCUT2D eigenvalue weighted by Gasteiger charge is -2.10. The van der Waals surface area contributed by atoms with Crippen LogP contribution in [0.2, 0.25) is 0 Å². The molecule has 0 fully saturated rings. The molecule has 3 aromatic rings. The van der Waals surface area contributed by atoms with Gasteiger partial charge in [-0.05, 0) is 25.0 Å². The van der Waals surface area contributed by atoms with E-state index in [9.17, 15) is 8.42 Å². The third-order valence-corrected chi connectivity index (χ3v) is 5.05. The van der Waals surface area contributed by atoms with Gasteiger partial charge < -0.3 is 5.32 Å². The molecule has 8 nitrogen and oxygen atoms in total. The van der Waals surface area contributed by atoms with Crippen LogP contribution in [0.15, 0.2) is 36.8 Å². The van der Waals surface area contributed by atoms with Gasteiger partial charge in [-0.2, -0.15) is 5.10 Å². The average molecular weight is 360 g/mol. The van der Waals surface area contributed by atoms with E-state index in [4.69, 9.17) is 0 Å². The summed E-state index contributed by atoms with van der Waals surface area (Å²) in [5.74, 6) is 0.673. The van der Waals surface area contributed by atoms with Crippen molar-refractivity contribution in [3.8, 4) is 0 Å². The standard InChI is InChI=1S/C16H20N6O2S/c1-11(2)22-25(23,24)9-13-5-3-12(4-6-13)7-17-15-14-8-20-21-16(14)19-10-18-15/h3-6,8,10-11,22H,7,9H2,1-2H3,(H2,17,18,19,20,21). The van der Waals surface area contributed by atoms with E-state index in [0.29, 0.717) is 18.0 Å². The fourth-order valence-corrected chi connectivity index (χ4v) is 3.90. The van der Waals surface area contributed by atoms with E-state index in [1.165, 1.54) is 6.33 Å². The van der Waals surface area contributed by atoms with Gasteiger partial charge in [0.25, 0.3) is 0 Å². The highest BCUT2D eigenvalue weighted by molar-refractivity contribution is 7.88. The van der Waals surface area contributed by atoms with Gasteiger partial charge in [-0.1, -0.05) is 24.3 Å². The SMILES string of the molecule is CC(C)NS(=O)(=O)Cc1ccc(CNc2ncnc3[nH]ncc23)cc1. The molecular weight excluding hydrogens is 340 g/mol. The maximum absolute atomic E-state index is 12.0. The number of sulfonamides is 1. The number of aromatic nitrogens is 4. The smallest absolute Gasteiger partial charge is 0.216 e. The molecule has 2 aromatic heterocycles. The summed E-state index contributed by atoms with van der Waals surface area (Å²) in [4.78, 5) is 8.31. The third-order valence-electron chi connectivity index (χ3n) is 3.50. The second-order valence-electron chi connectivity index (χ2n) is 6.06. The molecule has 0 amide bonds. The Kier molecular flexibility index (Phi) is 4.95. The summed E-state index contributed by atoms with van der Waals surface area (Å²) in [5, 5.41) is 10.8. The number of rotatable bonds is 7. The Labute approximate surface area is 146 Å². The van der Waals surface area contributed by atoms with Crippen LogP contribution in [0, 0.1) is 0 Å². The minimum atomic E-state index is -3.31. The highest BCUT2D eigenvalue weighted by Crippen LogP contribution is 2.17. The van der Waals surface area contributed by atoms with Crippen molar-refractivity contribution in [1.82, 2.24) is 24.9 Å². The zero-order valence-corrected chi connectivity index (χ0v) is 14.8. The van der Waals surface area contributed by atoms with Crippen LogP contribution in [0.3, 0.4) is 0 Å². The number of anilines is 1. The molecule has 0 aliphatic rings. The summed E-state index contributed by atoms with van der Waals surface area (Å²) in [6.45, 7) is 4.17. The van der Waals surface area contributed by atoms with E-state index in [1.807, 2.05) is 24.3 Å². The Hall–Kier alpha value is -2.52. The van der Waals surface area contributed by atoms with Crippen LogP contribution in [0.5, 0.6) is 0 Å². The van der Waals surface area contributed by atoms with E-state index in [2.05, 4.69) is 30.2 Å². The largest absolute Gasteiger partial charge is 0.365 e. The van der Waals surface area contributed by atoms with Gasteiger partial charge in [-0.15, -0.1) is 0 Å². The molecule has 132 valence electrons. The summed E-state index contributed by atoms with van der Waals surface area (Å²) < 4.78 is 26.5. The molecule has 0 atom stereocenters. The lowest BCUT2D eigenvalue weighted by atomic mass is 10.1.